The van der Waals surface area contributed by atoms with E-state index in [0.717, 1.165) is 38.2 Å². The molecule has 0 spiro atoms. The summed E-state index contributed by atoms with van der Waals surface area (Å²) in [5, 5.41) is 2.83. The van der Waals surface area contributed by atoms with E-state index in [2.05, 4.69) is 82.0 Å². The maximum Gasteiger partial charge on any atom is 0.221 e. The predicted octanol–water partition coefficient (Wildman–Crippen LogP) is 5.29. The van der Waals surface area contributed by atoms with Crippen LogP contribution in [0.15, 0.2) is 85.2 Å². The lowest BCUT2D eigenvalue weighted by molar-refractivity contribution is -0.114. The van der Waals surface area contributed by atoms with Gasteiger partial charge in [0.15, 0.2) is 0 Å². The highest BCUT2D eigenvalue weighted by atomic mass is 16.1. The third-order valence-electron chi connectivity index (χ3n) is 6.08. The van der Waals surface area contributed by atoms with Crippen molar-refractivity contribution in [3.05, 3.63) is 102 Å². The number of amides is 1. The SMILES string of the molecule is CC(=O)Nc1ccc(CN2CCC(C=Cc3ccccc3)(c3ccncc3)CC2)cc1. The van der Waals surface area contributed by atoms with Gasteiger partial charge >= 0.3 is 0 Å². The third kappa shape index (κ3) is 5.47. The summed E-state index contributed by atoms with van der Waals surface area (Å²) in [4.78, 5) is 17.9. The summed E-state index contributed by atoms with van der Waals surface area (Å²) in [6.45, 7) is 4.53. The van der Waals surface area contributed by atoms with Gasteiger partial charge in [0.1, 0.15) is 0 Å². The number of likely N-dealkylation sites (tertiary alicyclic amines) is 1. The molecule has 1 fully saturated rings. The second-order valence-electron chi connectivity index (χ2n) is 8.29. The molecule has 2 aromatic carbocycles. The molecule has 0 atom stereocenters. The van der Waals surface area contributed by atoms with Gasteiger partial charge in [-0.05, 0) is 66.9 Å². The predicted molar refractivity (Wildman–Crippen MR) is 127 cm³/mol. The van der Waals surface area contributed by atoms with Crippen molar-refractivity contribution < 1.29 is 4.79 Å². The van der Waals surface area contributed by atoms with Gasteiger partial charge in [0.25, 0.3) is 0 Å². The van der Waals surface area contributed by atoms with Crippen molar-refractivity contribution in [2.45, 2.75) is 31.7 Å². The van der Waals surface area contributed by atoms with Crippen LogP contribution in [-0.2, 0) is 16.8 Å². The standard InChI is InChI=1S/C27H29N3O/c1-22(31)29-26-9-7-24(8-10-26)21-30-19-15-27(16-20-30,25-12-17-28-18-13-25)14-11-23-5-3-2-4-6-23/h2-14,17-18H,15-16,19-21H2,1H3,(H,29,31). The summed E-state index contributed by atoms with van der Waals surface area (Å²) < 4.78 is 0. The highest BCUT2D eigenvalue weighted by Gasteiger charge is 2.33. The normalized spacial score (nSPS) is 16.3. The van der Waals surface area contributed by atoms with E-state index in [4.69, 9.17) is 0 Å². The highest BCUT2D eigenvalue weighted by Crippen LogP contribution is 2.37. The Hall–Kier alpha value is -3.24. The monoisotopic (exact) mass is 411 g/mol. The van der Waals surface area contributed by atoms with Crippen molar-refractivity contribution in [3.63, 3.8) is 0 Å². The largest absolute Gasteiger partial charge is 0.326 e. The van der Waals surface area contributed by atoms with Crippen LogP contribution < -0.4 is 5.32 Å². The minimum absolute atomic E-state index is 0.0323. The molecule has 0 saturated carbocycles. The summed E-state index contributed by atoms with van der Waals surface area (Å²) in [6, 6.07) is 23.0. The van der Waals surface area contributed by atoms with Crippen LogP contribution in [-0.4, -0.2) is 28.9 Å². The molecule has 0 unspecified atom stereocenters. The first-order valence-corrected chi connectivity index (χ1v) is 10.9. The molecular weight excluding hydrogens is 382 g/mol. The van der Waals surface area contributed by atoms with Crippen LogP contribution in [0.5, 0.6) is 0 Å². The number of carbonyl (C=O) groups excluding carboxylic acids is 1. The molecule has 2 heterocycles. The molecule has 4 rings (SSSR count). The number of carbonyl (C=O) groups is 1. The van der Waals surface area contributed by atoms with E-state index in [9.17, 15) is 4.79 Å². The Morgan fingerprint density at radius 2 is 1.68 bits per heavy atom. The first kappa shape index (κ1) is 21.0. The quantitative estimate of drug-likeness (QED) is 0.600. The Labute approximate surface area is 184 Å². The molecule has 1 N–H and O–H groups in total. The fourth-order valence-electron chi connectivity index (χ4n) is 4.32. The number of rotatable bonds is 6. The van der Waals surface area contributed by atoms with E-state index >= 15 is 0 Å². The molecule has 1 aliphatic heterocycles. The lowest BCUT2D eigenvalue weighted by Gasteiger charge is -2.40. The fraction of sp³-hybridized carbons (Fsp3) is 0.259. The van der Waals surface area contributed by atoms with Gasteiger partial charge in [0.2, 0.25) is 5.91 Å². The minimum atomic E-state index is -0.0419. The highest BCUT2D eigenvalue weighted by molar-refractivity contribution is 5.88. The molecular formula is C27H29N3O. The van der Waals surface area contributed by atoms with Crippen LogP contribution in [0.2, 0.25) is 0 Å². The van der Waals surface area contributed by atoms with Crippen molar-refractivity contribution >= 4 is 17.7 Å². The maximum absolute atomic E-state index is 11.2. The Bertz CT molecular complexity index is 1010. The fourth-order valence-corrected chi connectivity index (χ4v) is 4.32. The van der Waals surface area contributed by atoms with Gasteiger partial charge in [-0.3, -0.25) is 14.7 Å². The summed E-state index contributed by atoms with van der Waals surface area (Å²) in [5.41, 5.74) is 4.72. The van der Waals surface area contributed by atoms with Crippen LogP contribution in [0.1, 0.15) is 36.5 Å². The number of nitrogens with one attached hydrogen (secondary N) is 1. The number of hydrogen-bond acceptors (Lipinski definition) is 3. The number of piperidine rings is 1. The topological polar surface area (TPSA) is 45.2 Å². The lowest BCUT2D eigenvalue weighted by Crippen LogP contribution is -2.41. The number of benzene rings is 2. The van der Waals surface area contributed by atoms with E-state index in [0.29, 0.717) is 0 Å². The molecule has 1 saturated heterocycles. The Morgan fingerprint density at radius 3 is 2.32 bits per heavy atom. The molecule has 0 radical (unpaired) electrons. The summed E-state index contributed by atoms with van der Waals surface area (Å²) >= 11 is 0. The molecule has 1 amide bonds. The molecule has 3 aromatic rings. The van der Waals surface area contributed by atoms with Gasteiger partial charge in [-0.2, -0.15) is 0 Å². The van der Waals surface area contributed by atoms with Crippen LogP contribution in [0.3, 0.4) is 0 Å². The molecule has 1 aromatic heterocycles. The number of pyridine rings is 1. The second kappa shape index (κ2) is 9.71. The van der Waals surface area contributed by atoms with Gasteiger partial charge in [-0.25, -0.2) is 0 Å². The molecule has 1 aliphatic rings. The van der Waals surface area contributed by atoms with Crippen molar-refractivity contribution in [2.24, 2.45) is 0 Å². The average Bonchev–Trinajstić information content (AvgIpc) is 2.81. The van der Waals surface area contributed by atoms with Crippen LogP contribution in [0, 0.1) is 0 Å². The van der Waals surface area contributed by atoms with Crippen LogP contribution in [0.4, 0.5) is 5.69 Å². The summed E-state index contributed by atoms with van der Waals surface area (Å²) in [7, 11) is 0. The Morgan fingerprint density at radius 1 is 1.00 bits per heavy atom. The van der Waals surface area contributed by atoms with Gasteiger partial charge in [0, 0.05) is 37.0 Å². The van der Waals surface area contributed by atoms with Crippen molar-refractivity contribution in [2.75, 3.05) is 18.4 Å². The first-order chi connectivity index (χ1) is 15.1. The average molecular weight is 412 g/mol. The molecule has 0 bridgehead atoms. The van der Waals surface area contributed by atoms with E-state index in [-0.39, 0.29) is 11.3 Å². The summed E-state index contributed by atoms with van der Waals surface area (Å²) in [6.07, 6.45) is 10.6. The van der Waals surface area contributed by atoms with Crippen LogP contribution >= 0.6 is 0 Å². The van der Waals surface area contributed by atoms with E-state index in [1.165, 1.54) is 23.6 Å². The first-order valence-electron chi connectivity index (χ1n) is 10.9. The molecule has 4 heteroatoms. The summed E-state index contributed by atoms with van der Waals surface area (Å²) in [5.74, 6) is -0.0419. The van der Waals surface area contributed by atoms with Crippen molar-refractivity contribution in [1.29, 1.82) is 0 Å². The van der Waals surface area contributed by atoms with Crippen LogP contribution in [0.25, 0.3) is 6.08 Å². The van der Waals surface area contributed by atoms with Gasteiger partial charge in [-0.15, -0.1) is 0 Å². The van der Waals surface area contributed by atoms with E-state index < -0.39 is 0 Å². The number of allylic oxidation sites excluding steroid dienone is 1. The molecule has 0 aliphatic carbocycles. The second-order valence-corrected chi connectivity index (χ2v) is 8.29. The zero-order valence-corrected chi connectivity index (χ0v) is 18.0. The zero-order valence-electron chi connectivity index (χ0n) is 18.0. The Kier molecular flexibility index (Phi) is 6.58. The van der Waals surface area contributed by atoms with E-state index in [1.807, 2.05) is 24.5 Å². The maximum atomic E-state index is 11.2. The number of nitrogens with zero attached hydrogens (tertiary/aromatic N) is 2. The third-order valence-corrected chi connectivity index (χ3v) is 6.08. The van der Waals surface area contributed by atoms with Crippen molar-refractivity contribution in [1.82, 2.24) is 9.88 Å². The van der Waals surface area contributed by atoms with Gasteiger partial charge in [0.05, 0.1) is 0 Å². The number of anilines is 1. The zero-order chi connectivity index (χ0) is 21.5. The molecule has 31 heavy (non-hydrogen) atoms. The Balaban J connectivity index is 1.46. The molecule has 4 nitrogen and oxygen atoms in total. The lowest BCUT2D eigenvalue weighted by atomic mass is 9.72. The molecule has 158 valence electrons. The minimum Gasteiger partial charge on any atom is -0.326 e. The number of hydrogen-bond donors (Lipinski definition) is 1. The van der Waals surface area contributed by atoms with Gasteiger partial charge < -0.3 is 5.32 Å². The van der Waals surface area contributed by atoms with Gasteiger partial charge in [-0.1, -0.05) is 54.6 Å². The number of aromatic nitrogens is 1. The smallest absolute Gasteiger partial charge is 0.221 e. The van der Waals surface area contributed by atoms with Crippen molar-refractivity contribution in [3.8, 4) is 0 Å². The van der Waals surface area contributed by atoms with E-state index in [1.54, 1.807) is 0 Å².